The molecule has 0 aromatic carbocycles. The lowest BCUT2D eigenvalue weighted by molar-refractivity contribution is -0.137. The van der Waals surface area contributed by atoms with Gasteiger partial charge in [-0.15, -0.1) is 0 Å². The summed E-state index contributed by atoms with van der Waals surface area (Å²) in [6, 6.07) is 0. The van der Waals surface area contributed by atoms with Crippen molar-refractivity contribution in [3.63, 3.8) is 0 Å². The number of amides is 2. The first kappa shape index (κ1) is 8.53. The van der Waals surface area contributed by atoms with Gasteiger partial charge in [-0.2, -0.15) is 0 Å². The third kappa shape index (κ3) is 1.41. The van der Waals surface area contributed by atoms with Crippen LogP contribution in [0.1, 0.15) is 26.2 Å². The van der Waals surface area contributed by atoms with Crippen molar-refractivity contribution in [3.05, 3.63) is 0 Å². The molecule has 0 aromatic heterocycles. The number of rotatable bonds is 0. The number of carbonyl (C=O) groups excluding carboxylic acids is 2. The van der Waals surface area contributed by atoms with E-state index in [0.29, 0.717) is 6.42 Å². The quantitative estimate of drug-likeness (QED) is 0.531. The van der Waals surface area contributed by atoms with Gasteiger partial charge in [0.2, 0.25) is 11.8 Å². The molecule has 0 saturated carbocycles. The molecule has 2 aliphatic heterocycles. The van der Waals surface area contributed by atoms with E-state index in [-0.39, 0.29) is 17.4 Å². The standard InChI is InChI=1S/C9H14N2O2/c1-7(12)11-4-2-9(3-5-11)6-8(13)10-9/h2-6H2,1H3,(H,10,13). The summed E-state index contributed by atoms with van der Waals surface area (Å²) in [4.78, 5) is 23.7. The first-order valence-corrected chi connectivity index (χ1v) is 4.68. The Labute approximate surface area is 77.3 Å². The smallest absolute Gasteiger partial charge is 0.222 e. The zero-order valence-electron chi connectivity index (χ0n) is 7.80. The van der Waals surface area contributed by atoms with Crippen LogP contribution in [0.5, 0.6) is 0 Å². The van der Waals surface area contributed by atoms with Gasteiger partial charge in [0.25, 0.3) is 0 Å². The predicted molar refractivity (Wildman–Crippen MR) is 47.0 cm³/mol. The Balaban J connectivity index is 1.90. The molecule has 2 amide bonds. The minimum atomic E-state index is 0.0447. The highest BCUT2D eigenvalue weighted by Crippen LogP contribution is 2.31. The van der Waals surface area contributed by atoms with Crippen LogP contribution in [0.25, 0.3) is 0 Å². The van der Waals surface area contributed by atoms with E-state index in [1.54, 1.807) is 6.92 Å². The Hall–Kier alpha value is -1.06. The Kier molecular flexibility index (Phi) is 1.78. The summed E-state index contributed by atoms with van der Waals surface area (Å²) < 4.78 is 0. The van der Waals surface area contributed by atoms with Crippen LogP contribution in [-0.4, -0.2) is 35.3 Å². The van der Waals surface area contributed by atoms with E-state index >= 15 is 0 Å². The number of nitrogens with one attached hydrogen (secondary N) is 1. The highest BCUT2D eigenvalue weighted by Gasteiger charge is 2.44. The lowest BCUT2D eigenvalue weighted by Gasteiger charge is -2.47. The van der Waals surface area contributed by atoms with Crippen LogP contribution in [0.2, 0.25) is 0 Å². The van der Waals surface area contributed by atoms with Crippen molar-refractivity contribution in [2.45, 2.75) is 31.7 Å². The molecule has 2 saturated heterocycles. The number of hydrogen-bond donors (Lipinski definition) is 1. The molecule has 2 heterocycles. The number of nitrogens with zero attached hydrogens (tertiary/aromatic N) is 1. The molecule has 0 radical (unpaired) electrons. The molecule has 2 rings (SSSR count). The predicted octanol–water partition coefficient (Wildman–Crippen LogP) is -0.113. The highest BCUT2D eigenvalue weighted by atomic mass is 16.2. The molecule has 0 aliphatic carbocycles. The van der Waals surface area contributed by atoms with Crippen LogP contribution in [0.3, 0.4) is 0 Å². The van der Waals surface area contributed by atoms with Crippen molar-refractivity contribution in [2.24, 2.45) is 0 Å². The van der Waals surface area contributed by atoms with Crippen LogP contribution >= 0.6 is 0 Å². The fourth-order valence-electron chi connectivity index (χ4n) is 2.14. The summed E-state index contributed by atoms with van der Waals surface area (Å²) in [6.45, 7) is 3.17. The summed E-state index contributed by atoms with van der Waals surface area (Å²) in [5.41, 5.74) is 0.0447. The molecular formula is C9H14N2O2. The molecule has 1 spiro atoms. The largest absolute Gasteiger partial charge is 0.350 e. The minimum Gasteiger partial charge on any atom is -0.350 e. The van der Waals surface area contributed by atoms with Gasteiger partial charge in [-0.3, -0.25) is 9.59 Å². The number of carbonyl (C=O) groups is 2. The zero-order valence-corrected chi connectivity index (χ0v) is 7.80. The maximum atomic E-state index is 11.0. The van der Waals surface area contributed by atoms with Crippen molar-refractivity contribution in [3.8, 4) is 0 Å². The average Bonchev–Trinajstić information content (AvgIpc) is 2.03. The number of β-lactam (4-membered cyclic amide) rings is 1. The molecule has 4 heteroatoms. The second-order valence-corrected chi connectivity index (χ2v) is 4.01. The van der Waals surface area contributed by atoms with Crippen LogP contribution in [0.15, 0.2) is 0 Å². The molecule has 0 unspecified atom stereocenters. The van der Waals surface area contributed by atoms with Gasteiger partial charge in [0.05, 0.1) is 5.54 Å². The molecule has 1 N–H and O–H groups in total. The Morgan fingerprint density at radius 1 is 1.46 bits per heavy atom. The topological polar surface area (TPSA) is 49.4 Å². The van der Waals surface area contributed by atoms with E-state index in [1.165, 1.54) is 0 Å². The molecular weight excluding hydrogens is 168 g/mol. The maximum absolute atomic E-state index is 11.0. The highest BCUT2D eigenvalue weighted by molar-refractivity contribution is 5.85. The monoisotopic (exact) mass is 182 g/mol. The molecule has 2 fully saturated rings. The SMILES string of the molecule is CC(=O)N1CCC2(CC1)CC(=O)N2. The summed E-state index contributed by atoms with van der Waals surface area (Å²) in [7, 11) is 0. The van der Waals surface area contributed by atoms with Crippen LogP contribution < -0.4 is 5.32 Å². The lowest BCUT2D eigenvalue weighted by atomic mass is 9.78. The third-order valence-corrected chi connectivity index (χ3v) is 3.07. The molecule has 2 aliphatic rings. The van der Waals surface area contributed by atoms with Gasteiger partial charge in [0.15, 0.2) is 0 Å². The molecule has 0 atom stereocenters. The number of hydrogen-bond acceptors (Lipinski definition) is 2. The normalized spacial score (nSPS) is 25.3. The molecule has 0 aromatic rings. The Bertz CT molecular complexity index is 244. The van der Waals surface area contributed by atoms with E-state index in [4.69, 9.17) is 0 Å². The lowest BCUT2D eigenvalue weighted by Crippen LogP contribution is -2.65. The van der Waals surface area contributed by atoms with Crippen molar-refractivity contribution >= 4 is 11.8 Å². The molecule has 13 heavy (non-hydrogen) atoms. The second kappa shape index (κ2) is 2.72. The van der Waals surface area contributed by atoms with E-state index in [2.05, 4.69) is 5.32 Å². The van der Waals surface area contributed by atoms with Gasteiger partial charge < -0.3 is 10.2 Å². The first-order chi connectivity index (χ1) is 6.11. The van der Waals surface area contributed by atoms with Gasteiger partial charge in [-0.25, -0.2) is 0 Å². The maximum Gasteiger partial charge on any atom is 0.222 e. The van der Waals surface area contributed by atoms with Crippen LogP contribution in [0.4, 0.5) is 0 Å². The van der Waals surface area contributed by atoms with Crippen molar-refractivity contribution in [2.75, 3.05) is 13.1 Å². The van der Waals surface area contributed by atoms with Gasteiger partial charge in [-0.05, 0) is 12.8 Å². The minimum absolute atomic E-state index is 0.0447. The summed E-state index contributed by atoms with van der Waals surface area (Å²) >= 11 is 0. The van der Waals surface area contributed by atoms with Gasteiger partial charge in [0.1, 0.15) is 0 Å². The number of piperidine rings is 1. The summed E-state index contributed by atoms with van der Waals surface area (Å²) in [5.74, 6) is 0.289. The van der Waals surface area contributed by atoms with E-state index in [9.17, 15) is 9.59 Å². The Morgan fingerprint density at radius 2 is 2.00 bits per heavy atom. The van der Waals surface area contributed by atoms with E-state index in [0.717, 1.165) is 25.9 Å². The molecule has 0 bridgehead atoms. The fourth-order valence-corrected chi connectivity index (χ4v) is 2.14. The van der Waals surface area contributed by atoms with Crippen LogP contribution in [0, 0.1) is 0 Å². The second-order valence-electron chi connectivity index (χ2n) is 4.01. The first-order valence-electron chi connectivity index (χ1n) is 4.68. The van der Waals surface area contributed by atoms with E-state index < -0.39 is 0 Å². The summed E-state index contributed by atoms with van der Waals surface area (Å²) in [5, 5.41) is 2.94. The van der Waals surface area contributed by atoms with Gasteiger partial charge >= 0.3 is 0 Å². The fraction of sp³-hybridized carbons (Fsp3) is 0.778. The average molecular weight is 182 g/mol. The van der Waals surface area contributed by atoms with E-state index in [1.807, 2.05) is 4.90 Å². The van der Waals surface area contributed by atoms with Gasteiger partial charge in [-0.1, -0.05) is 0 Å². The molecule has 4 nitrogen and oxygen atoms in total. The molecule has 72 valence electrons. The van der Waals surface area contributed by atoms with Crippen LogP contribution in [-0.2, 0) is 9.59 Å². The van der Waals surface area contributed by atoms with Crippen molar-refractivity contribution in [1.82, 2.24) is 10.2 Å². The van der Waals surface area contributed by atoms with Gasteiger partial charge in [0, 0.05) is 26.4 Å². The summed E-state index contributed by atoms with van der Waals surface area (Å²) in [6.07, 6.45) is 2.48. The van der Waals surface area contributed by atoms with Crippen molar-refractivity contribution < 1.29 is 9.59 Å². The Morgan fingerprint density at radius 3 is 2.38 bits per heavy atom. The number of likely N-dealkylation sites (tertiary alicyclic amines) is 1. The zero-order chi connectivity index (χ0) is 9.47. The third-order valence-electron chi connectivity index (χ3n) is 3.07. The van der Waals surface area contributed by atoms with Crippen molar-refractivity contribution in [1.29, 1.82) is 0 Å².